The van der Waals surface area contributed by atoms with Crippen molar-refractivity contribution in [2.45, 2.75) is 12.1 Å². The number of imide groups is 1. The quantitative estimate of drug-likeness (QED) is 0.265. The molecule has 3 aliphatic heterocycles. The minimum absolute atomic E-state index is 0.0373. The van der Waals surface area contributed by atoms with Crippen molar-refractivity contribution >= 4 is 52.2 Å². The van der Waals surface area contributed by atoms with E-state index in [0.29, 0.717) is 5.02 Å². The number of nitriles is 1. The van der Waals surface area contributed by atoms with Crippen molar-refractivity contribution in [2.24, 2.45) is 11.8 Å². The number of nitro benzene ring substituents is 1. The molecule has 35 heavy (non-hydrogen) atoms. The van der Waals surface area contributed by atoms with E-state index in [2.05, 4.69) is 0 Å². The number of rotatable bonds is 4. The number of nitrogens with zero attached hydrogens (tertiary/aromatic N) is 4. The zero-order valence-electron chi connectivity index (χ0n) is 17.7. The molecule has 174 valence electrons. The molecule has 3 aliphatic rings. The zero-order chi connectivity index (χ0) is 25.0. The third-order valence-electron chi connectivity index (χ3n) is 6.44. The number of halogens is 2. The van der Waals surface area contributed by atoms with Crippen molar-refractivity contribution in [3.63, 3.8) is 0 Å². The summed E-state index contributed by atoms with van der Waals surface area (Å²) in [7, 11) is 0. The Kier molecular flexibility index (Phi) is 5.43. The molecule has 9 nitrogen and oxygen atoms in total. The van der Waals surface area contributed by atoms with E-state index < -0.39 is 46.4 Å². The number of Topliss-reactive ketones (excluding diaryl/α,β-unsaturated/α-hetero) is 1. The standard InChI is InChI=1S/C24H14Cl2N4O5/c25-14-4-5-17(16(26)10-14)29-23(32)19-18-8-12(11-27)6-7-28(18)21(20(19)24(29)33)22(31)13-2-1-3-15(9-13)30(34)35/h1-10,18-21H/t18-,19+,20+,21+/m1/s1. The van der Waals surface area contributed by atoms with Gasteiger partial charge < -0.3 is 4.90 Å². The van der Waals surface area contributed by atoms with Gasteiger partial charge in [-0.3, -0.25) is 24.5 Å². The number of hydrogen-bond acceptors (Lipinski definition) is 7. The van der Waals surface area contributed by atoms with Crippen LogP contribution < -0.4 is 4.90 Å². The van der Waals surface area contributed by atoms with E-state index in [0.717, 1.165) is 11.0 Å². The molecule has 2 amide bonds. The van der Waals surface area contributed by atoms with Crippen LogP contribution in [0, 0.1) is 33.3 Å². The van der Waals surface area contributed by atoms with Gasteiger partial charge in [0.2, 0.25) is 11.8 Å². The number of anilines is 1. The Labute approximate surface area is 208 Å². The van der Waals surface area contributed by atoms with E-state index in [1.165, 1.54) is 48.7 Å². The number of amides is 2. The van der Waals surface area contributed by atoms with Gasteiger partial charge in [0.05, 0.1) is 45.2 Å². The first kappa shape index (κ1) is 22.8. The van der Waals surface area contributed by atoms with E-state index in [1.807, 2.05) is 6.07 Å². The van der Waals surface area contributed by atoms with Crippen molar-refractivity contribution in [1.29, 1.82) is 5.26 Å². The fourth-order valence-electron chi connectivity index (χ4n) is 4.96. The van der Waals surface area contributed by atoms with Crippen LogP contribution >= 0.6 is 23.2 Å². The molecular formula is C24H14Cl2N4O5. The van der Waals surface area contributed by atoms with Gasteiger partial charge in [-0.15, -0.1) is 0 Å². The number of allylic oxidation sites excluding steroid dienone is 2. The molecule has 0 aromatic heterocycles. The van der Waals surface area contributed by atoms with Crippen molar-refractivity contribution < 1.29 is 19.3 Å². The minimum atomic E-state index is -1.12. The fourth-order valence-corrected chi connectivity index (χ4v) is 5.46. The Morgan fingerprint density at radius 1 is 1.09 bits per heavy atom. The molecule has 5 rings (SSSR count). The number of non-ortho nitro benzene ring substituents is 1. The van der Waals surface area contributed by atoms with E-state index in [9.17, 15) is 29.8 Å². The van der Waals surface area contributed by atoms with Crippen LogP contribution in [-0.4, -0.2) is 39.5 Å². The highest BCUT2D eigenvalue weighted by atomic mass is 35.5. The van der Waals surface area contributed by atoms with E-state index in [4.69, 9.17) is 23.2 Å². The zero-order valence-corrected chi connectivity index (χ0v) is 19.2. The summed E-state index contributed by atoms with van der Waals surface area (Å²) in [6, 6.07) is 9.73. The number of nitro groups is 1. The molecule has 0 spiro atoms. The summed E-state index contributed by atoms with van der Waals surface area (Å²) in [5.41, 5.74) is 0.197. The van der Waals surface area contributed by atoms with Gasteiger partial charge in [0.15, 0.2) is 5.78 Å². The number of carbonyl (C=O) groups is 3. The smallest absolute Gasteiger partial charge is 0.270 e. The first-order valence-electron chi connectivity index (χ1n) is 10.4. The van der Waals surface area contributed by atoms with Gasteiger partial charge in [0, 0.05) is 28.9 Å². The molecule has 0 aliphatic carbocycles. The molecule has 0 N–H and O–H groups in total. The van der Waals surface area contributed by atoms with E-state index in [1.54, 1.807) is 11.0 Å². The number of carbonyl (C=O) groups excluding carboxylic acids is 3. The predicted molar refractivity (Wildman–Crippen MR) is 126 cm³/mol. The average Bonchev–Trinajstić information content (AvgIpc) is 3.31. The monoisotopic (exact) mass is 508 g/mol. The SMILES string of the molecule is N#CC1=C[C@@H]2[C@@H]3C(=O)N(c4ccc(Cl)cc4Cl)C(=O)[C@@H]3[C@@H](C(=O)c3cccc([N+](=O)[O-])c3)N2C=C1. The fraction of sp³-hybridized carbons (Fsp3) is 0.167. The second kappa shape index (κ2) is 8.34. The first-order valence-corrected chi connectivity index (χ1v) is 11.2. The van der Waals surface area contributed by atoms with Crippen LogP contribution in [0.25, 0.3) is 0 Å². The lowest BCUT2D eigenvalue weighted by Crippen LogP contribution is -2.46. The van der Waals surface area contributed by atoms with E-state index in [-0.39, 0.29) is 27.5 Å². The third kappa shape index (κ3) is 3.50. The van der Waals surface area contributed by atoms with Gasteiger partial charge in [-0.25, -0.2) is 4.90 Å². The summed E-state index contributed by atoms with van der Waals surface area (Å²) in [5, 5.41) is 21.0. The van der Waals surface area contributed by atoms with Gasteiger partial charge in [-0.2, -0.15) is 5.26 Å². The Morgan fingerprint density at radius 3 is 2.51 bits per heavy atom. The second-order valence-electron chi connectivity index (χ2n) is 8.26. The highest BCUT2D eigenvalue weighted by molar-refractivity contribution is 6.38. The Bertz CT molecular complexity index is 1430. The molecular weight excluding hydrogens is 495 g/mol. The lowest BCUT2D eigenvalue weighted by molar-refractivity contribution is -0.384. The summed E-state index contributed by atoms with van der Waals surface area (Å²) in [6.07, 6.45) is 4.56. The molecule has 2 aromatic carbocycles. The van der Waals surface area contributed by atoms with Crippen molar-refractivity contribution in [1.82, 2.24) is 4.90 Å². The maximum absolute atomic E-state index is 13.7. The lowest BCUT2D eigenvalue weighted by Gasteiger charge is -2.32. The normalized spacial score (nSPS) is 24.7. The Morgan fingerprint density at radius 2 is 1.83 bits per heavy atom. The summed E-state index contributed by atoms with van der Waals surface area (Å²) >= 11 is 12.2. The van der Waals surface area contributed by atoms with Gasteiger partial charge >= 0.3 is 0 Å². The molecule has 3 heterocycles. The van der Waals surface area contributed by atoms with Gasteiger partial charge in [0.1, 0.15) is 6.04 Å². The third-order valence-corrected chi connectivity index (χ3v) is 6.98. The van der Waals surface area contributed by atoms with Crippen LogP contribution in [-0.2, 0) is 9.59 Å². The molecule has 2 saturated heterocycles. The molecule has 0 radical (unpaired) electrons. The minimum Gasteiger partial charge on any atom is -0.359 e. The summed E-state index contributed by atoms with van der Waals surface area (Å²) in [5.74, 6) is -3.78. The number of benzene rings is 2. The summed E-state index contributed by atoms with van der Waals surface area (Å²) in [4.78, 5) is 54.1. The molecule has 0 unspecified atom stereocenters. The molecule has 4 atom stereocenters. The molecule has 11 heteroatoms. The maximum atomic E-state index is 13.7. The molecule has 2 aromatic rings. The molecule has 2 fully saturated rings. The maximum Gasteiger partial charge on any atom is 0.270 e. The topological polar surface area (TPSA) is 125 Å². The average molecular weight is 509 g/mol. The van der Waals surface area contributed by atoms with Crippen LogP contribution in [0.1, 0.15) is 10.4 Å². The van der Waals surface area contributed by atoms with Crippen molar-refractivity contribution in [2.75, 3.05) is 4.90 Å². The highest BCUT2D eigenvalue weighted by Gasteiger charge is 2.63. The Balaban J connectivity index is 1.62. The molecule has 0 bridgehead atoms. The van der Waals surface area contributed by atoms with Crippen molar-refractivity contribution in [3.05, 3.63) is 92.1 Å². The van der Waals surface area contributed by atoms with Crippen LogP contribution in [0.15, 0.2) is 66.4 Å². The van der Waals surface area contributed by atoms with Crippen LogP contribution in [0.3, 0.4) is 0 Å². The van der Waals surface area contributed by atoms with Crippen LogP contribution in [0.2, 0.25) is 10.0 Å². The van der Waals surface area contributed by atoms with E-state index >= 15 is 0 Å². The van der Waals surface area contributed by atoms with Gasteiger partial charge in [-0.05, 0) is 30.4 Å². The highest BCUT2D eigenvalue weighted by Crippen LogP contribution is 2.48. The number of ketones is 1. The van der Waals surface area contributed by atoms with Gasteiger partial charge in [-0.1, -0.05) is 35.3 Å². The Hall–Kier alpha value is -4.00. The van der Waals surface area contributed by atoms with Crippen LogP contribution in [0.4, 0.5) is 11.4 Å². The summed E-state index contributed by atoms with van der Waals surface area (Å²) < 4.78 is 0. The lowest BCUT2D eigenvalue weighted by atomic mass is 9.86. The first-order chi connectivity index (χ1) is 16.7. The number of hydrogen-bond donors (Lipinski definition) is 0. The second-order valence-corrected chi connectivity index (χ2v) is 9.11. The van der Waals surface area contributed by atoms with Gasteiger partial charge in [0.25, 0.3) is 5.69 Å². The van der Waals surface area contributed by atoms with Crippen LogP contribution in [0.5, 0.6) is 0 Å². The largest absolute Gasteiger partial charge is 0.359 e. The van der Waals surface area contributed by atoms with Crippen molar-refractivity contribution in [3.8, 4) is 6.07 Å². The summed E-state index contributed by atoms with van der Waals surface area (Å²) in [6.45, 7) is 0. The number of fused-ring (bicyclic) bond motifs is 3. The molecule has 0 saturated carbocycles. The predicted octanol–water partition coefficient (Wildman–Crippen LogP) is 3.92.